The van der Waals surface area contributed by atoms with Crippen molar-refractivity contribution < 1.29 is 22.7 Å². The van der Waals surface area contributed by atoms with Gasteiger partial charge in [0.15, 0.2) is 0 Å². The third kappa shape index (κ3) is 7.63. The van der Waals surface area contributed by atoms with E-state index in [1.165, 1.54) is 17.0 Å². The van der Waals surface area contributed by atoms with Crippen molar-refractivity contribution in [3.8, 4) is 5.75 Å². The molecule has 3 rings (SSSR count). The molecule has 0 aliphatic heterocycles. The molecule has 0 bridgehead atoms. The van der Waals surface area contributed by atoms with Crippen LogP contribution in [0, 0.1) is 19.8 Å². The standard InChI is InChI=1S/C31H39N3O5S/c1-22(2)19-32-31(36)25(5)33(20-26-13-16-28(39-6)17-14-26)30(35)21-34(27-15-12-23(3)24(4)18-27)40(37,38)29-10-8-7-9-11-29/h7-18,22,25H,19-21H2,1-6H3,(H,32,36)/t25-/m1/s1. The smallest absolute Gasteiger partial charge is 0.264 e. The van der Waals surface area contributed by atoms with Crippen LogP contribution in [-0.4, -0.2) is 51.4 Å². The molecule has 0 fully saturated rings. The van der Waals surface area contributed by atoms with Crippen LogP contribution in [0.25, 0.3) is 0 Å². The van der Waals surface area contributed by atoms with Crippen molar-refractivity contribution >= 4 is 27.5 Å². The molecule has 1 atom stereocenters. The molecule has 0 heterocycles. The largest absolute Gasteiger partial charge is 0.497 e. The van der Waals surface area contributed by atoms with E-state index in [0.717, 1.165) is 21.0 Å². The van der Waals surface area contributed by atoms with Crippen molar-refractivity contribution in [1.29, 1.82) is 0 Å². The van der Waals surface area contributed by atoms with Crippen LogP contribution >= 0.6 is 0 Å². The fourth-order valence-electron chi connectivity index (χ4n) is 4.09. The van der Waals surface area contributed by atoms with E-state index in [1.807, 2.05) is 45.9 Å². The molecule has 0 aliphatic carbocycles. The number of sulfonamides is 1. The van der Waals surface area contributed by atoms with Gasteiger partial charge in [0, 0.05) is 13.1 Å². The molecular formula is C31H39N3O5S. The molecule has 0 aliphatic rings. The Morgan fingerprint density at radius 1 is 0.900 bits per heavy atom. The van der Waals surface area contributed by atoms with E-state index in [9.17, 15) is 18.0 Å². The van der Waals surface area contributed by atoms with Gasteiger partial charge in [-0.2, -0.15) is 0 Å². The van der Waals surface area contributed by atoms with Crippen LogP contribution in [0.4, 0.5) is 5.69 Å². The lowest BCUT2D eigenvalue weighted by Crippen LogP contribution is -2.51. The fraction of sp³-hybridized carbons (Fsp3) is 0.355. The van der Waals surface area contributed by atoms with Gasteiger partial charge < -0.3 is 15.0 Å². The van der Waals surface area contributed by atoms with Gasteiger partial charge in [-0.25, -0.2) is 8.42 Å². The van der Waals surface area contributed by atoms with Gasteiger partial charge in [-0.3, -0.25) is 13.9 Å². The average Bonchev–Trinajstić information content (AvgIpc) is 2.95. The van der Waals surface area contributed by atoms with E-state index in [2.05, 4.69) is 5.32 Å². The lowest BCUT2D eigenvalue weighted by Gasteiger charge is -2.32. The summed E-state index contributed by atoms with van der Waals surface area (Å²) >= 11 is 0. The minimum Gasteiger partial charge on any atom is -0.497 e. The zero-order chi connectivity index (χ0) is 29.4. The first-order valence-electron chi connectivity index (χ1n) is 13.3. The Kier molecular flexibility index (Phi) is 10.3. The van der Waals surface area contributed by atoms with E-state index in [4.69, 9.17) is 4.74 Å². The van der Waals surface area contributed by atoms with Gasteiger partial charge in [0.05, 0.1) is 17.7 Å². The molecular weight excluding hydrogens is 526 g/mol. The van der Waals surface area contributed by atoms with Gasteiger partial charge in [-0.15, -0.1) is 0 Å². The third-order valence-corrected chi connectivity index (χ3v) is 8.54. The predicted octanol–water partition coefficient (Wildman–Crippen LogP) is 4.70. The second kappa shape index (κ2) is 13.5. The van der Waals surface area contributed by atoms with Gasteiger partial charge in [0.1, 0.15) is 18.3 Å². The van der Waals surface area contributed by atoms with Gasteiger partial charge in [-0.05, 0) is 79.8 Å². The molecule has 8 nitrogen and oxygen atoms in total. The number of ether oxygens (including phenoxy) is 1. The number of rotatable bonds is 12. The number of benzene rings is 3. The van der Waals surface area contributed by atoms with Crippen LogP contribution in [0.2, 0.25) is 0 Å². The monoisotopic (exact) mass is 565 g/mol. The zero-order valence-electron chi connectivity index (χ0n) is 24.0. The number of nitrogens with zero attached hydrogens (tertiary/aromatic N) is 2. The summed E-state index contributed by atoms with van der Waals surface area (Å²) in [4.78, 5) is 28.6. The highest BCUT2D eigenvalue weighted by atomic mass is 32.2. The summed E-state index contributed by atoms with van der Waals surface area (Å²) in [7, 11) is -2.52. The van der Waals surface area contributed by atoms with Crippen molar-refractivity contribution in [1.82, 2.24) is 10.2 Å². The van der Waals surface area contributed by atoms with E-state index in [0.29, 0.717) is 18.0 Å². The van der Waals surface area contributed by atoms with Crippen LogP contribution in [0.5, 0.6) is 5.75 Å². The first-order valence-corrected chi connectivity index (χ1v) is 14.7. The highest BCUT2D eigenvalue weighted by Crippen LogP contribution is 2.26. The molecule has 214 valence electrons. The van der Waals surface area contributed by atoms with E-state index >= 15 is 0 Å². The van der Waals surface area contributed by atoms with E-state index < -0.39 is 28.5 Å². The van der Waals surface area contributed by atoms with Crippen molar-refractivity contribution in [3.05, 3.63) is 89.5 Å². The van der Waals surface area contributed by atoms with Crippen molar-refractivity contribution in [2.75, 3.05) is 24.5 Å². The van der Waals surface area contributed by atoms with Gasteiger partial charge in [0.25, 0.3) is 10.0 Å². The number of amides is 2. The van der Waals surface area contributed by atoms with Crippen LogP contribution < -0.4 is 14.4 Å². The number of nitrogens with one attached hydrogen (secondary N) is 1. The Morgan fingerprint density at radius 2 is 1.55 bits per heavy atom. The summed E-state index contributed by atoms with van der Waals surface area (Å²) in [6.45, 7) is 9.57. The van der Waals surface area contributed by atoms with Crippen LogP contribution in [0.1, 0.15) is 37.5 Å². The molecule has 3 aromatic rings. The Labute approximate surface area is 238 Å². The van der Waals surface area contributed by atoms with Crippen molar-refractivity contribution in [2.45, 2.75) is 52.1 Å². The van der Waals surface area contributed by atoms with E-state index in [-0.39, 0.29) is 23.3 Å². The van der Waals surface area contributed by atoms with Crippen molar-refractivity contribution in [3.63, 3.8) is 0 Å². The zero-order valence-corrected chi connectivity index (χ0v) is 24.9. The summed E-state index contributed by atoms with van der Waals surface area (Å²) < 4.78 is 34.1. The number of hydrogen-bond acceptors (Lipinski definition) is 5. The highest BCUT2D eigenvalue weighted by Gasteiger charge is 2.32. The number of aryl methyl sites for hydroxylation is 2. The topological polar surface area (TPSA) is 96.0 Å². The summed E-state index contributed by atoms with van der Waals surface area (Å²) in [6.07, 6.45) is 0. The number of carbonyl (C=O) groups is 2. The SMILES string of the molecule is COc1ccc(CN(C(=O)CN(c2ccc(C)c(C)c2)S(=O)(=O)c2ccccc2)[C@H](C)C(=O)NCC(C)C)cc1. The van der Waals surface area contributed by atoms with E-state index in [1.54, 1.807) is 56.5 Å². The normalized spacial score (nSPS) is 12.1. The van der Waals surface area contributed by atoms with Crippen LogP contribution in [0.3, 0.4) is 0 Å². The Bertz CT molecular complexity index is 1410. The highest BCUT2D eigenvalue weighted by molar-refractivity contribution is 7.92. The summed E-state index contributed by atoms with van der Waals surface area (Å²) in [5.74, 6) is 0.0948. The quantitative estimate of drug-likeness (QED) is 0.344. The molecule has 0 spiro atoms. The molecule has 0 unspecified atom stereocenters. The first-order chi connectivity index (χ1) is 18.9. The molecule has 0 saturated carbocycles. The maximum absolute atomic E-state index is 14.0. The molecule has 40 heavy (non-hydrogen) atoms. The van der Waals surface area contributed by atoms with Crippen LogP contribution in [-0.2, 0) is 26.2 Å². The van der Waals surface area contributed by atoms with Gasteiger partial charge >= 0.3 is 0 Å². The fourth-order valence-corrected chi connectivity index (χ4v) is 5.52. The number of carbonyl (C=O) groups excluding carboxylic acids is 2. The van der Waals surface area contributed by atoms with Crippen LogP contribution in [0.15, 0.2) is 77.7 Å². The molecule has 3 aromatic carbocycles. The number of methoxy groups -OCH3 is 1. The van der Waals surface area contributed by atoms with Crippen molar-refractivity contribution in [2.24, 2.45) is 5.92 Å². The molecule has 0 radical (unpaired) electrons. The lowest BCUT2D eigenvalue weighted by atomic mass is 10.1. The second-order valence-electron chi connectivity index (χ2n) is 10.3. The Hall–Kier alpha value is -3.85. The van der Waals surface area contributed by atoms with Gasteiger partial charge in [0.2, 0.25) is 11.8 Å². The third-order valence-electron chi connectivity index (χ3n) is 6.75. The molecule has 0 aromatic heterocycles. The average molecular weight is 566 g/mol. The summed E-state index contributed by atoms with van der Waals surface area (Å²) in [6, 6.07) is 19.7. The minimum absolute atomic E-state index is 0.0745. The first kappa shape index (κ1) is 30.7. The number of anilines is 1. The maximum atomic E-state index is 14.0. The minimum atomic E-state index is -4.09. The summed E-state index contributed by atoms with van der Waals surface area (Å²) in [5.41, 5.74) is 3.06. The number of hydrogen-bond donors (Lipinski definition) is 1. The molecule has 9 heteroatoms. The predicted molar refractivity (Wildman–Crippen MR) is 158 cm³/mol. The Balaban J connectivity index is 2.02. The molecule has 2 amide bonds. The Morgan fingerprint density at radius 3 is 2.12 bits per heavy atom. The van der Waals surface area contributed by atoms with Gasteiger partial charge in [-0.1, -0.05) is 50.2 Å². The summed E-state index contributed by atoms with van der Waals surface area (Å²) in [5, 5.41) is 2.89. The molecule has 1 N–H and O–H groups in total. The molecule has 0 saturated heterocycles. The lowest BCUT2D eigenvalue weighted by molar-refractivity contribution is -0.139. The maximum Gasteiger partial charge on any atom is 0.264 e. The second-order valence-corrected chi connectivity index (χ2v) is 12.1.